The van der Waals surface area contributed by atoms with Crippen molar-refractivity contribution < 1.29 is 14.3 Å². The first-order valence-corrected chi connectivity index (χ1v) is 10.8. The predicted molar refractivity (Wildman–Crippen MR) is 118 cm³/mol. The van der Waals surface area contributed by atoms with E-state index in [1.807, 2.05) is 6.07 Å². The fraction of sp³-hybridized carbons (Fsp3) is 0.250. The molecular formula is C20H17Cl3N2O3S. The average Bonchev–Trinajstić information content (AvgIpc) is 3.12. The molecule has 29 heavy (non-hydrogen) atoms. The molecule has 0 fully saturated rings. The number of carbonyl (C=O) groups is 2. The number of ether oxygens (including phenoxy) is 1. The molecule has 0 N–H and O–H groups in total. The first-order valence-electron chi connectivity index (χ1n) is 8.84. The van der Waals surface area contributed by atoms with Gasteiger partial charge in [-0.25, -0.2) is 4.98 Å². The molecule has 2 aromatic carbocycles. The molecule has 0 saturated heterocycles. The standard InChI is InChI=1S/C20H17Cl3N2O3S/c1-2-28-18(27)10-9-17(26)25(14-6-4-3-5-12(14)21)11-16-24-20-15(29-16)8-7-13(22)19(20)23/h3-8H,2,9-11H2,1H3. The van der Waals surface area contributed by atoms with E-state index in [1.54, 1.807) is 37.3 Å². The van der Waals surface area contributed by atoms with Gasteiger partial charge >= 0.3 is 5.97 Å². The van der Waals surface area contributed by atoms with Gasteiger partial charge < -0.3 is 9.64 Å². The number of hydrogen-bond acceptors (Lipinski definition) is 5. The van der Waals surface area contributed by atoms with Crippen LogP contribution in [-0.2, 0) is 20.9 Å². The number of benzene rings is 2. The third-order valence-electron chi connectivity index (χ3n) is 4.08. The zero-order valence-electron chi connectivity index (χ0n) is 15.5. The average molecular weight is 472 g/mol. The first kappa shape index (κ1) is 21.8. The van der Waals surface area contributed by atoms with E-state index in [0.29, 0.717) is 31.3 Å². The molecule has 3 rings (SSSR count). The summed E-state index contributed by atoms with van der Waals surface area (Å²) in [5.41, 5.74) is 1.14. The van der Waals surface area contributed by atoms with Gasteiger partial charge in [-0.2, -0.15) is 0 Å². The van der Waals surface area contributed by atoms with Crippen molar-refractivity contribution in [2.75, 3.05) is 11.5 Å². The predicted octanol–water partition coefficient (Wildman–Crippen LogP) is 6.13. The van der Waals surface area contributed by atoms with Crippen LogP contribution < -0.4 is 4.90 Å². The van der Waals surface area contributed by atoms with E-state index < -0.39 is 5.97 Å². The summed E-state index contributed by atoms with van der Waals surface area (Å²) >= 11 is 20.1. The molecule has 0 radical (unpaired) electrons. The summed E-state index contributed by atoms with van der Waals surface area (Å²) in [7, 11) is 0. The molecule has 1 heterocycles. The Kier molecular flexibility index (Phi) is 7.35. The lowest BCUT2D eigenvalue weighted by Crippen LogP contribution is -2.31. The maximum absolute atomic E-state index is 12.9. The number of carbonyl (C=O) groups excluding carboxylic acids is 2. The quantitative estimate of drug-likeness (QED) is 0.389. The highest BCUT2D eigenvalue weighted by atomic mass is 35.5. The van der Waals surface area contributed by atoms with Crippen molar-refractivity contribution >= 4 is 73.9 Å². The lowest BCUT2D eigenvalue weighted by Gasteiger charge is -2.23. The second-order valence-corrected chi connectivity index (χ2v) is 8.36. The molecule has 0 unspecified atom stereocenters. The Morgan fingerprint density at radius 2 is 1.83 bits per heavy atom. The lowest BCUT2D eigenvalue weighted by atomic mass is 10.2. The number of amides is 1. The van der Waals surface area contributed by atoms with Crippen molar-refractivity contribution in [3.05, 3.63) is 56.5 Å². The van der Waals surface area contributed by atoms with Gasteiger partial charge in [0, 0.05) is 6.42 Å². The number of rotatable bonds is 7. The summed E-state index contributed by atoms with van der Waals surface area (Å²) < 4.78 is 5.78. The number of hydrogen-bond donors (Lipinski definition) is 0. The molecule has 3 aromatic rings. The Balaban J connectivity index is 1.89. The lowest BCUT2D eigenvalue weighted by molar-refractivity contribution is -0.144. The van der Waals surface area contributed by atoms with Gasteiger partial charge in [-0.1, -0.05) is 46.9 Å². The van der Waals surface area contributed by atoms with Crippen LogP contribution in [0.1, 0.15) is 24.8 Å². The molecule has 0 atom stereocenters. The van der Waals surface area contributed by atoms with Crippen LogP contribution in [0.25, 0.3) is 10.2 Å². The van der Waals surface area contributed by atoms with Gasteiger partial charge in [-0.3, -0.25) is 9.59 Å². The summed E-state index contributed by atoms with van der Waals surface area (Å²) in [5, 5.41) is 1.90. The van der Waals surface area contributed by atoms with Crippen LogP contribution in [0.2, 0.25) is 15.1 Å². The minimum atomic E-state index is -0.415. The minimum Gasteiger partial charge on any atom is -0.466 e. The summed E-state index contributed by atoms with van der Waals surface area (Å²) in [6.45, 7) is 2.19. The topological polar surface area (TPSA) is 59.5 Å². The van der Waals surface area contributed by atoms with Crippen molar-refractivity contribution in [2.24, 2.45) is 0 Å². The van der Waals surface area contributed by atoms with Crippen LogP contribution in [0, 0.1) is 0 Å². The Hall–Kier alpha value is -1.86. The van der Waals surface area contributed by atoms with Gasteiger partial charge in [0.2, 0.25) is 5.91 Å². The summed E-state index contributed by atoms with van der Waals surface area (Å²) in [5.74, 6) is -0.670. The number of esters is 1. The molecule has 152 valence electrons. The van der Waals surface area contributed by atoms with E-state index in [1.165, 1.54) is 16.2 Å². The van der Waals surface area contributed by atoms with Gasteiger partial charge in [0.15, 0.2) is 0 Å². The molecule has 0 aliphatic rings. The van der Waals surface area contributed by atoms with Crippen LogP contribution in [0.5, 0.6) is 0 Å². The Bertz CT molecular complexity index is 1050. The number of nitrogens with zero attached hydrogens (tertiary/aromatic N) is 2. The zero-order chi connectivity index (χ0) is 21.0. The van der Waals surface area contributed by atoms with E-state index in [4.69, 9.17) is 39.5 Å². The summed E-state index contributed by atoms with van der Waals surface area (Å²) in [4.78, 5) is 30.7. The second-order valence-electron chi connectivity index (χ2n) is 6.05. The highest BCUT2D eigenvalue weighted by Gasteiger charge is 2.22. The second kappa shape index (κ2) is 9.76. The van der Waals surface area contributed by atoms with E-state index >= 15 is 0 Å². The van der Waals surface area contributed by atoms with Crippen molar-refractivity contribution in [1.29, 1.82) is 0 Å². The molecule has 1 amide bonds. The number of thiazole rings is 1. The van der Waals surface area contributed by atoms with Crippen LogP contribution in [0.4, 0.5) is 5.69 Å². The van der Waals surface area contributed by atoms with Crippen LogP contribution in [-0.4, -0.2) is 23.5 Å². The van der Waals surface area contributed by atoms with Crippen molar-refractivity contribution in [1.82, 2.24) is 4.98 Å². The summed E-state index contributed by atoms with van der Waals surface area (Å²) in [6, 6.07) is 10.6. The number of fused-ring (bicyclic) bond motifs is 1. The summed E-state index contributed by atoms with van der Waals surface area (Å²) in [6.07, 6.45) is -0.00353. The minimum absolute atomic E-state index is 0.00152. The van der Waals surface area contributed by atoms with Gasteiger partial charge in [0.05, 0.1) is 45.0 Å². The number of anilines is 1. The SMILES string of the molecule is CCOC(=O)CCC(=O)N(Cc1nc2c(Cl)c(Cl)ccc2s1)c1ccccc1Cl. The van der Waals surface area contributed by atoms with Crippen molar-refractivity contribution in [3.63, 3.8) is 0 Å². The van der Waals surface area contributed by atoms with Crippen LogP contribution in [0.15, 0.2) is 36.4 Å². The van der Waals surface area contributed by atoms with Gasteiger partial charge in [0.25, 0.3) is 0 Å². The first-order chi connectivity index (χ1) is 13.9. The molecule has 0 spiro atoms. The van der Waals surface area contributed by atoms with E-state index in [9.17, 15) is 9.59 Å². The van der Waals surface area contributed by atoms with Crippen LogP contribution >= 0.6 is 46.1 Å². The highest BCUT2D eigenvalue weighted by molar-refractivity contribution is 7.18. The highest BCUT2D eigenvalue weighted by Crippen LogP contribution is 2.35. The molecule has 5 nitrogen and oxygen atoms in total. The van der Waals surface area contributed by atoms with Crippen molar-refractivity contribution in [2.45, 2.75) is 26.3 Å². The Morgan fingerprint density at radius 3 is 2.55 bits per heavy atom. The number of aromatic nitrogens is 1. The molecular weight excluding hydrogens is 455 g/mol. The largest absolute Gasteiger partial charge is 0.466 e. The molecule has 1 aromatic heterocycles. The smallest absolute Gasteiger partial charge is 0.306 e. The Morgan fingerprint density at radius 1 is 1.07 bits per heavy atom. The molecule has 0 aliphatic carbocycles. The maximum atomic E-state index is 12.9. The third-order valence-corrected chi connectivity index (χ3v) is 6.20. The maximum Gasteiger partial charge on any atom is 0.306 e. The van der Waals surface area contributed by atoms with E-state index in [2.05, 4.69) is 4.98 Å². The molecule has 0 aliphatic heterocycles. The number of para-hydroxylation sites is 1. The molecule has 0 saturated carbocycles. The van der Waals surface area contributed by atoms with Crippen LogP contribution in [0.3, 0.4) is 0 Å². The third kappa shape index (κ3) is 5.20. The van der Waals surface area contributed by atoms with Gasteiger partial charge in [-0.15, -0.1) is 11.3 Å². The van der Waals surface area contributed by atoms with Crippen molar-refractivity contribution in [3.8, 4) is 0 Å². The molecule has 0 bridgehead atoms. The van der Waals surface area contributed by atoms with Gasteiger partial charge in [0.1, 0.15) is 10.5 Å². The number of halogens is 3. The zero-order valence-corrected chi connectivity index (χ0v) is 18.5. The fourth-order valence-electron chi connectivity index (χ4n) is 2.74. The van der Waals surface area contributed by atoms with Gasteiger partial charge in [-0.05, 0) is 31.2 Å². The monoisotopic (exact) mass is 470 g/mol. The van der Waals surface area contributed by atoms with E-state index in [0.717, 1.165) is 4.70 Å². The molecule has 9 heteroatoms. The fourth-order valence-corrected chi connectivity index (χ4v) is 4.36. The normalized spacial score (nSPS) is 10.9. The Labute approximate surface area is 187 Å². The van der Waals surface area contributed by atoms with E-state index in [-0.39, 0.29) is 31.9 Å².